The number of carboxylic acids is 5. The van der Waals surface area contributed by atoms with E-state index in [0.29, 0.717) is 4.90 Å². The van der Waals surface area contributed by atoms with Crippen LogP contribution in [0.3, 0.4) is 0 Å². The van der Waals surface area contributed by atoms with E-state index in [9.17, 15) is 127 Å². The quantitative estimate of drug-likeness (QED) is 0.0181. The molecular weight excluding hydrogens is 1620 g/mol. The molecule has 14 atom stereocenters. The van der Waals surface area contributed by atoms with Crippen LogP contribution in [-0.4, -0.2) is 261 Å². The Hall–Kier alpha value is -7.23. The number of nitrogens with zero attached hydrogens (tertiary/aromatic N) is 2. The van der Waals surface area contributed by atoms with Crippen LogP contribution >= 0.6 is 44.7 Å². The van der Waals surface area contributed by atoms with Crippen LogP contribution in [-0.2, 0) is 124 Å². The Balaban J connectivity index is -0.000000103. The van der Waals surface area contributed by atoms with Gasteiger partial charge in [0.2, 0.25) is 25.1 Å². The van der Waals surface area contributed by atoms with Crippen molar-refractivity contribution in [2.24, 2.45) is 11.5 Å². The number of urea groups is 5. The van der Waals surface area contributed by atoms with E-state index in [0.717, 1.165) is 5.91 Å². The van der Waals surface area contributed by atoms with E-state index in [-0.39, 0.29) is 118 Å². The van der Waals surface area contributed by atoms with E-state index in [4.69, 9.17) is 50.6 Å². The summed E-state index contributed by atoms with van der Waals surface area (Å²) in [6.45, 7) is 0.0288. The van der Waals surface area contributed by atoms with Gasteiger partial charge in [0.15, 0.2) is 12.5 Å². The standard InChI is InChI=1S/C11H16N2O8.C10H16N2O6.C5H8N2O5.2C5H6N2O4.CH4NO5P.CH2O3.CO2.2CH3.2Co.H3IP2.3H2O.H2/c1-20-3-5-7(15)8(16)9(21-5)13-4(10(17)18)2-6(14)12-11(13)19;1-17-4-5-7(14)8(15)9(18-5)12-3-2-6(13)11-10(12)16;6-5(12)7-2(4(10)11)1-3(8)9;2*8-3-1-2(4(9)10)6-5(11)7-3;2-1(3)7-8(4,5)6;2-1-4-3;2-1-3;;;;;1-3-2;;;;/h4-5,7-9,15-16H,2-3H2,1H3,(H,17,18)(H,12,14,19);5,7-9,14-15H,2-4H2,1H3,(H,11,13,16);2H,1H2,(H,8,9)(H,10,11)(H3,6,7,12);2*2H,1H2,(H,9,10)(H2,6,7,8,11);(H2,2,3)(H2,4,5,6);1,3H;;2*1H3;;;3H,2H2;3*1H2;1H/q;;;;;;;;2*-1;;;;;;;/p-7/t4?,5-,7+,8?,9-;5-,7+,8?,9-;;;;;;;;;;;;;;;/m11.............../s1/i;;;;;;;;;;;;;;;;1+1/hD. The molecule has 15 amide bonds. The second kappa shape index (κ2) is 58.7. The smallest absolute Gasteiger partial charge is 0.407 e. The number of ether oxygens (including phenoxy) is 4. The van der Waals surface area contributed by atoms with E-state index < -0.39 is 178 Å². The predicted molar refractivity (Wildman–Crippen MR) is 301 cm³/mol. The van der Waals surface area contributed by atoms with Gasteiger partial charge < -0.3 is 172 Å². The van der Waals surface area contributed by atoms with Crippen molar-refractivity contribution >= 4 is 147 Å². The largest absolute Gasteiger partial charge is 0.780 e. The number of nitrogens with two attached hydrogens (primary N) is 2. The monoisotopic (exact) mass is 1690 g/mol. The molecule has 576 valence electrons. The number of aliphatic hydroxyl groups excluding tert-OH is 4. The van der Waals surface area contributed by atoms with Gasteiger partial charge in [-0.2, -0.15) is 9.59 Å². The van der Waals surface area contributed by atoms with E-state index in [1.807, 2.05) is 26.6 Å². The number of phosphoric ester groups is 1. The number of halogens is 1. The molecule has 8 unspecified atom stereocenters. The van der Waals surface area contributed by atoms with Crippen LogP contribution < -0.4 is 84.2 Å². The Morgan fingerprint density at radius 2 is 1.12 bits per heavy atom. The summed E-state index contributed by atoms with van der Waals surface area (Å²) in [5.41, 5.74) is 15.0. The molecule has 51 nitrogen and oxygen atoms in total. The minimum absolute atomic E-state index is 0. The van der Waals surface area contributed by atoms with Crippen LogP contribution in [0.5, 0.6) is 0 Å². The summed E-state index contributed by atoms with van der Waals surface area (Å²) in [6, 6.07) is -9.92. The van der Waals surface area contributed by atoms with Gasteiger partial charge in [-0.25, -0.2) is 28.8 Å². The zero-order valence-electron chi connectivity index (χ0n) is 51.0. The molecule has 0 spiro atoms. The number of aliphatic hydroxyl groups is 4. The first-order valence-electron chi connectivity index (χ1n) is 24.0. The van der Waals surface area contributed by atoms with Crippen molar-refractivity contribution in [3.8, 4) is 0 Å². The van der Waals surface area contributed by atoms with Gasteiger partial charge in [-0.15, -0.1) is 8.93 Å². The fourth-order valence-corrected chi connectivity index (χ4v) is 6.88. The Labute approximate surface area is 590 Å². The first-order chi connectivity index (χ1) is 43.2. The first kappa shape index (κ1) is 109. The molecule has 22 N–H and O–H groups in total. The number of carbonyl (C=O) groups is 16. The number of carboxylic acid groups (broad SMARTS) is 5. The number of methoxy groups -OCH3 is 2. The van der Waals surface area contributed by atoms with Crippen molar-refractivity contribution in [3.05, 3.63) is 14.9 Å². The Bertz CT molecular complexity index is 2580. The zero-order chi connectivity index (χ0) is 73.2. The third-order valence-corrected chi connectivity index (χ3v) is 10.6. The SMILES string of the molecule is COC[C@H]1O[C@@H](N2C(=O)NC(=O)CC2C(=O)[O-])C(O)[C@H]1O.COC[C@H]1O[C@@H](N2CCC(=O)NC2=O)C(O)[C@H]1O.NC(=O)NC(CC(=O)O)C(=O)[O-].NC(=O)OP(=O)([O-])[O-].O.O.O=C1CC(C(=O)[O-])NC(=O)N1.O=C1CC(C(=O)[O-])NC(=O)N1.O=C=O.O=CO[O-].PPI.[2HH].[2H]O.[CH3-].[CH3-].[Co].[Co]. The molecule has 57 heteroatoms. The second-order valence-electron chi connectivity index (χ2n) is 16.5. The molecular formula is C41H68Co2IN11O40P3-9. The molecule has 0 aromatic carbocycles. The third-order valence-electron chi connectivity index (χ3n) is 10.2. The number of phosphoric acid groups is 1. The van der Waals surface area contributed by atoms with Crippen molar-refractivity contribution < 1.29 is 233 Å². The number of imide groups is 4. The summed E-state index contributed by atoms with van der Waals surface area (Å²) >= 11 is 2.28. The van der Waals surface area contributed by atoms with Gasteiger partial charge in [0.05, 0.1) is 86.9 Å². The molecule has 6 saturated heterocycles. The Morgan fingerprint density at radius 3 is 1.41 bits per heavy atom. The number of nitrogens with one attached hydrogen (secondary N) is 7. The summed E-state index contributed by atoms with van der Waals surface area (Å²) in [5.74, 6) is -8.98. The number of hydrogen-bond acceptors (Lipinski definition) is 36. The fraction of sp³-hybridized carbons (Fsp3) is 0.537. The maximum absolute atomic E-state index is 11.8. The summed E-state index contributed by atoms with van der Waals surface area (Å²) in [5, 5.41) is 111. The summed E-state index contributed by atoms with van der Waals surface area (Å²) in [7, 11) is 0.196. The Morgan fingerprint density at radius 1 is 0.755 bits per heavy atom. The molecule has 6 aliphatic heterocycles. The first-order valence-corrected chi connectivity index (χ1v) is 30.9. The number of hydrogen-bond donors (Lipinski definition) is 14. The molecule has 98 heavy (non-hydrogen) atoms. The molecule has 6 rings (SSSR count). The molecule has 2 radical (unpaired) electrons. The van der Waals surface area contributed by atoms with Gasteiger partial charge >= 0.3 is 48.4 Å². The van der Waals surface area contributed by atoms with Gasteiger partial charge in [0, 0.05) is 62.2 Å². The maximum Gasteiger partial charge on any atom is 0.407 e. The van der Waals surface area contributed by atoms with Crippen LogP contribution in [0.1, 0.15) is 35.0 Å². The molecule has 6 heterocycles. The van der Waals surface area contributed by atoms with E-state index in [2.05, 4.69) is 57.2 Å². The molecule has 6 fully saturated rings. The van der Waals surface area contributed by atoms with Crippen LogP contribution in [0.15, 0.2) is 0 Å². The summed E-state index contributed by atoms with van der Waals surface area (Å²) in [4.78, 5) is 207. The van der Waals surface area contributed by atoms with E-state index >= 15 is 0 Å². The fourth-order valence-electron chi connectivity index (χ4n) is 6.66. The van der Waals surface area contributed by atoms with Gasteiger partial charge in [0.25, 0.3) is 6.47 Å². The van der Waals surface area contributed by atoms with Crippen molar-refractivity contribution in [1.82, 2.24) is 47.0 Å². The summed E-state index contributed by atoms with van der Waals surface area (Å²) < 4.78 is 37.5. The number of aliphatic carboxylic acids is 5. The van der Waals surface area contributed by atoms with Gasteiger partial charge in [-0.05, 0) is 5.91 Å². The predicted octanol–water partition coefficient (Wildman–Crippen LogP) is -17.7. The minimum Gasteiger partial charge on any atom is -0.780 e. The van der Waals surface area contributed by atoms with Crippen LogP contribution in [0, 0.1) is 14.9 Å². The number of rotatable bonds is 15. The topological polar surface area (TPSA) is 880 Å². The van der Waals surface area contributed by atoms with Crippen LogP contribution in [0.2, 0.25) is 0 Å². The van der Waals surface area contributed by atoms with E-state index in [1.165, 1.54) is 19.1 Å². The number of carbonyl (C=O) groups excluding carboxylic acids is 17. The molecule has 0 aliphatic carbocycles. The minimum atomic E-state index is -5.20. The van der Waals surface area contributed by atoms with Crippen LogP contribution in [0.4, 0.5) is 28.8 Å². The third kappa shape index (κ3) is 46.1. The van der Waals surface area contributed by atoms with Crippen molar-refractivity contribution in [2.75, 3.05) is 34.0 Å². The molecule has 0 saturated carbocycles. The summed E-state index contributed by atoms with van der Waals surface area (Å²) in [6.07, 6.45) is -12.3. The molecule has 0 aromatic rings. The van der Waals surface area contributed by atoms with Crippen molar-refractivity contribution in [3.63, 3.8) is 0 Å². The van der Waals surface area contributed by atoms with Gasteiger partial charge in [-0.3, -0.25) is 59.8 Å². The van der Waals surface area contributed by atoms with Gasteiger partial charge in [0.1, 0.15) is 44.4 Å². The normalized spacial score (nSPS) is 23.0. The zero-order valence-corrected chi connectivity index (χ0v) is 57.3. The Kier molecular flexibility index (Phi) is 65.5. The van der Waals surface area contributed by atoms with Gasteiger partial charge in [-0.1, -0.05) is 22.0 Å². The van der Waals surface area contributed by atoms with E-state index in [1.54, 1.807) is 5.32 Å². The number of amides is 15. The van der Waals surface area contributed by atoms with Crippen LogP contribution in [0.25, 0.3) is 0 Å². The van der Waals surface area contributed by atoms with Crippen molar-refractivity contribution in [2.45, 2.75) is 105 Å². The molecule has 0 aromatic heterocycles. The average molecular weight is 1690 g/mol. The second-order valence-corrected chi connectivity index (χ2v) is 24.1. The number of primary amides is 2. The molecule has 6 aliphatic rings. The molecule has 0 bridgehead atoms. The maximum atomic E-state index is 11.8. The van der Waals surface area contributed by atoms with Crippen molar-refractivity contribution in [1.29, 1.82) is 0 Å². The average Bonchev–Trinajstić information content (AvgIpc) is 1.60.